The molecular formula is C24H16Cl2S2. The summed E-state index contributed by atoms with van der Waals surface area (Å²) in [5.74, 6) is 0. The van der Waals surface area contributed by atoms with Gasteiger partial charge in [-0.1, -0.05) is 47.5 Å². The van der Waals surface area contributed by atoms with E-state index in [1.54, 1.807) is 22.7 Å². The maximum Gasteiger partial charge on any atom is 0.0448 e. The van der Waals surface area contributed by atoms with Gasteiger partial charge in [0.15, 0.2) is 0 Å². The number of benzene rings is 3. The van der Waals surface area contributed by atoms with Gasteiger partial charge in [-0.25, -0.2) is 0 Å². The summed E-state index contributed by atoms with van der Waals surface area (Å²) in [6, 6.07) is 21.6. The van der Waals surface area contributed by atoms with Crippen LogP contribution in [0, 0.1) is 0 Å². The number of halogens is 2. The Hall–Kier alpha value is -1.84. The molecule has 138 valence electrons. The number of hydrogen-bond donors (Lipinski definition) is 0. The van der Waals surface area contributed by atoms with Crippen LogP contribution in [0.15, 0.2) is 71.4 Å². The van der Waals surface area contributed by atoms with Gasteiger partial charge in [0.25, 0.3) is 0 Å². The number of hydrogen-bond acceptors (Lipinski definition) is 2. The van der Waals surface area contributed by atoms with Crippen molar-refractivity contribution in [3.63, 3.8) is 0 Å². The molecule has 0 aliphatic carbocycles. The van der Waals surface area contributed by atoms with Crippen LogP contribution < -0.4 is 0 Å². The molecule has 5 rings (SSSR count). The fourth-order valence-corrected chi connectivity index (χ4v) is 5.68. The highest BCUT2D eigenvalue weighted by Crippen LogP contribution is 2.31. The molecule has 0 fully saturated rings. The Labute approximate surface area is 182 Å². The summed E-state index contributed by atoms with van der Waals surface area (Å²) < 4.78 is 2.57. The first-order chi connectivity index (χ1) is 13.7. The van der Waals surface area contributed by atoms with Crippen LogP contribution in [-0.2, 0) is 12.8 Å². The Morgan fingerprint density at radius 2 is 1.00 bits per heavy atom. The molecule has 3 aromatic carbocycles. The number of thiophene rings is 2. The topological polar surface area (TPSA) is 0 Å². The minimum Gasteiger partial charge on any atom is -0.144 e. The molecule has 0 spiro atoms. The van der Waals surface area contributed by atoms with Crippen molar-refractivity contribution in [3.8, 4) is 0 Å². The Balaban J connectivity index is 1.37. The number of fused-ring (bicyclic) bond motifs is 2. The average molecular weight is 439 g/mol. The second-order valence-corrected chi connectivity index (χ2v) is 9.68. The predicted octanol–water partition coefficient (Wildman–Crippen LogP) is 8.60. The first-order valence-electron chi connectivity index (χ1n) is 9.05. The highest BCUT2D eigenvalue weighted by atomic mass is 35.5. The van der Waals surface area contributed by atoms with Crippen molar-refractivity contribution in [1.82, 2.24) is 0 Å². The van der Waals surface area contributed by atoms with Crippen molar-refractivity contribution in [1.29, 1.82) is 0 Å². The summed E-state index contributed by atoms with van der Waals surface area (Å²) in [5.41, 5.74) is 4.88. The normalized spacial score (nSPS) is 11.5. The third-order valence-electron chi connectivity index (χ3n) is 5.06. The van der Waals surface area contributed by atoms with Crippen molar-refractivity contribution in [3.05, 3.63) is 104 Å². The van der Waals surface area contributed by atoms with Crippen LogP contribution >= 0.6 is 45.9 Å². The van der Waals surface area contributed by atoms with E-state index in [9.17, 15) is 0 Å². The summed E-state index contributed by atoms with van der Waals surface area (Å²) in [7, 11) is 0. The fraction of sp³-hybridized carbons (Fsp3) is 0.0833. The standard InChI is InChI=1S/C24H16Cl2S2/c25-21-11-17-5-7-27-23(17)13-19(21)9-15-1-2-16(4-3-15)10-20-14-24-18(6-8-28-24)12-22(20)26/h1-8,11-14H,9-10H2. The van der Waals surface area contributed by atoms with Crippen molar-refractivity contribution in [2.24, 2.45) is 0 Å². The molecular weight excluding hydrogens is 423 g/mol. The van der Waals surface area contributed by atoms with E-state index in [-0.39, 0.29) is 0 Å². The molecule has 0 aliphatic rings. The third kappa shape index (κ3) is 3.58. The van der Waals surface area contributed by atoms with Crippen molar-refractivity contribution in [2.45, 2.75) is 12.8 Å². The van der Waals surface area contributed by atoms with Gasteiger partial charge in [0.1, 0.15) is 0 Å². The van der Waals surface area contributed by atoms with Gasteiger partial charge in [0.05, 0.1) is 0 Å². The summed E-state index contributed by atoms with van der Waals surface area (Å²) >= 11 is 16.5. The molecule has 0 aliphatic heterocycles. The highest BCUT2D eigenvalue weighted by molar-refractivity contribution is 7.17. The molecule has 5 aromatic rings. The highest BCUT2D eigenvalue weighted by Gasteiger charge is 2.08. The van der Waals surface area contributed by atoms with E-state index in [4.69, 9.17) is 23.2 Å². The van der Waals surface area contributed by atoms with E-state index in [0.717, 1.165) is 22.9 Å². The van der Waals surface area contributed by atoms with Gasteiger partial charge in [-0.3, -0.25) is 0 Å². The molecule has 0 saturated carbocycles. The minimum atomic E-state index is 0.839. The van der Waals surface area contributed by atoms with E-state index in [1.165, 1.54) is 42.4 Å². The zero-order chi connectivity index (χ0) is 19.1. The third-order valence-corrected chi connectivity index (χ3v) is 7.52. The molecule has 0 saturated heterocycles. The van der Waals surface area contributed by atoms with Crippen LogP contribution in [0.1, 0.15) is 22.3 Å². The van der Waals surface area contributed by atoms with Gasteiger partial charge in [0, 0.05) is 19.4 Å². The summed E-state index contributed by atoms with van der Waals surface area (Å²) in [4.78, 5) is 0. The van der Waals surface area contributed by atoms with Gasteiger partial charge < -0.3 is 0 Å². The maximum atomic E-state index is 6.50. The van der Waals surface area contributed by atoms with E-state index in [1.807, 2.05) is 0 Å². The SMILES string of the molecule is Clc1cc2ccsc2cc1Cc1ccc(Cc2cc3sccc3cc2Cl)cc1. The van der Waals surface area contributed by atoms with Gasteiger partial charge in [0.2, 0.25) is 0 Å². The Morgan fingerprint density at radius 3 is 1.43 bits per heavy atom. The zero-order valence-electron chi connectivity index (χ0n) is 14.9. The molecule has 0 amide bonds. The van der Waals surface area contributed by atoms with Crippen molar-refractivity contribution < 1.29 is 0 Å². The van der Waals surface area contributed by atoms with Gasteiger partial charge in [-0.05, 0) is 93.0 Å². The lowest BCUT2D eigenvalue weighted by Crippen LogP contribution is -1.93. The second kappa shape index (κ2) is 7.53. The smallest absolute Gasteiger partial charge is 0.0448 e. The largest absolute Gasteiger partial charge is 0.144 e. The molecule has 0 bridgehead atoms. The Bertz CT molecular complexity index is 1180. The molecule has 2 aromatic heterocycles. The van der Waals surface area contributed by atoms with Crippen molar-refractivity contribution >= 4 is 66.0 Å². The lowest BCUT2D eigenvalue weighted by atomic mass is 9.99. The van der Waals surface area contributed by atoms with Crippen LogP contribution in [0.2, 0.25) is 10.0 Å². The first-order valence-corrected chi connectivity index (χ1v) is 11.6. The zero-order valence-corrected chi connectivity index (χ0v) is 18.1. The van der Waals surface area contributed by atoms with E-state index in [0.29, 0.717) is 0 Å². The molecule has 0 radical (unpaired) electrons. The molecule has 28 heavy (non-hydrogen) atoms. The summed E-state index contributed by atoms with van der Waals surface area (Å²) in [6.45, 7) is 0. The molecule has 0 atom stereocenters. The molecule has 0 N–H and O–H groups in total. The lowest BCUT2D eigenvalue weighted by Gasteiger charge is -2.08. The minimum absolute atomic E-state index is 0.839. The van der Waals surface area contributed by atoms with Crippen LogP contribution in [0.25, 0.3) is 20.2 Å². The predicted molar refractivity (Wildman–Crippen MR) is 126 cm³/mol. The van der Waals surface area contributed by atoms with E-state index >= 15 is 0 Å². The average Bonchev–Trinajstić information content (AvgIpc) is 3.32. The molecule has 2 heterocycles. The van der Waals surface area contributed by atoms with E-state index < -0.39 is 0 Å². The molecule has 0 unspecified atom stereocenters. The van der Waals surface area contributed by atoms with Gasteiger partial charge in [-0.2, -0.15) is 0 Å². The monoisotopic (exact) mass is 438 g/mol. The van der Waals surface area contributed by atoms with Crippen LogP contribution in [-0.4, -0.2) is 0 Å². The van der Waals surface area contributed by atoms with Crippen molar-refractivity contribution in [2.75, 3.05) is 0 Å². The summed E-state index contributed by atoms with van der Waals surface area (Å²) in [5, 5.41) is 8.33. The molecule has 4 heteroatoms. The Morgan fingerprint density at radius 1 is 0.571 bits per heavy atom. The lowest BCUT2D eigenvalue weighted by molar-refractivity contribution is 1.16. The van der Waals surface area contributed by atoms with Gasteiger partial charge >= 0.3 is 0 Å². The quantitative estimate of drug-likeness (QED) is 0.263. The van der Waals surface area contributed by atoms with Crippen LogP contribution in [0.4, 0.5) is 0 Å². The Kier molecular flexibility index (Phi) is 4.90. The van der Waals surface area contributed by atoms with Crippen LogP contribution in [0.5, 0.6) is 0 Å². The fourth-order valence-electron chi connectivity index (χ4n) is 3.53. The number of rotatable bonds is 4. The first kappa shape index (κ1) is 18.2. The maximum absolute atomic E-state index is 6.50. The van der Waals surface area contributed by atoms with E-state index in [2.05, 4.69) is 71.4 Å². The summed E-state index contributed by atoms with van der Waals surface area (Å²) in [6.07, 6.45) is 1.68. The van der Waals surface area contributed by atoms with Gasteiger partial charge in [-0.15, -0.1) is 22.7 Å². The molecule has 0 nitrogen and oxygen atoms in total. The second-order valence-electron chi connectivity index (χ2n) is 6.97. The van der Waals surface area contributed by atoms with Crippen LogP contribution in [0.3, 0.4) is 0 Å².